The Balaban J connectivity index is 2.97. The number of hydrogen-bond acceptors (Lipinski definition) is 5. The van der Waals surface area contributed by atoms with Gasteiger partial charge in [0.05, 0.1) is 5.41 Å². The number of aliphatic hydroxyl groups excluding tert-OH is 1. The number of hydrogen-bond donors (Lipinski definition) is 5. The third-order valence-electron chi connectivity index (χ3n) is 2.78. The van der Waals surface area contributed by atoms with E-state index in [2.05, 4.69) is 0 Å². The van der Waals surface area contributed by atoms with E-state index in [0.29, 0.717) is 5.57 Å². The second-order valence-electron chi connectivity index (χ2n) is 3.80. The Bertz CT molecular complexity index is 378. The zero-order valence-electron chi connectivity index (χ0n) is 9.27. The van der Waals surface area contributed by atoms with E-state index in [9.17, 15) is 9.59 Å². The summed E-state index contributed by atoms with van der Waals surface area (Å²) in [6.07, 6.45) is 5.11. The number of hydrazine groups is 2. The molecule has 1 rings (SSSR count). The summed E-state index contributed by atoms with van der Waals surface area (Å²) < 4.78 is 0. The van der Waals surface area contributed by atoms with Crippen molar-refractivity contribution in [3.05, 3.63) is 23.8 Å². The summed E-state index contributed by atoms with van der Waals surface area (Å²) in [5.41, 5.74) is 3.42. The summed E-state index contributed by atoms with van der Waals surface area (Å²) >= 11 is 0. The minimum Gasteiger partial charge on any atom is -0.396 e. The number of nitrogens with two attached hydrogens (primary N) is 2. The van der Waals surface area contributed by atoms with Gasteiger partial charge in [0.2, 0.25) is 5.91 Å². The Morgan fingerprint density at radius 3 is 2.65 bits per heavy atom. The zero-order chi connectivity index (χ0) is 12.9. The number of nitrogens with one attached hydrogen (secondary N) is 2. The monoisotopic (exact) mass is 240 g/mol. The molecular formula is C10H16N4O3. The van der Waals surface area contributed by atoms with E-state index < -0.39 is 17.2 Å². The molecule has 0 spiro atoms. The lowest BCUT2D eigenvalue weighted by Crippen LogP contribution is -2.46. The lowest BCUT2D eigenvalue weighted by Gasteiger charge is -2.30. The van der Waals surface area contributed by atoms with Gasteiger partial charge in [-0.05, 0) is 12.8 Å². The summed E-state index contributed by atoms with van der Waals surface area (Å²) in [4.78, 5) is 23.2. The number of aliphatic hydroxyl groups is 1. The molecule has 7 nitrogen and oxygen atoms in total. The summed E-state index contributed by atoms with van der Waals surface area (Å²) in [5, 5.41) is 9.01. The molecule has 7 N–H and O–H groups in total. The van der Waals surface area contributed by atoms with Crippen LogP contribution in [0, 0.1) is 5.41 Å². The van der Waals surface area contributed by atoms with Crippen LogP contribution >= 0.6 is 0 Å². The van der Waals surface area contributed by atoms with Gasteiger partial charge < -0.3 is 5.11 Å². The van der Waals surface area contributed by atoms with Crippen molar-refractivity contribution in [1.29, 1.82) is 0 Å². The van der Waals surface area contributed by atoms with E-state index in [4.69, 9.17) is 16.8 Å². The first-order valence-corrected chi connectivity index (χ1v) is 5.11. The summed E-state index contributed by atoms with van der Waals surface area (Å²) in [5.74, 6) is 9.24. The predicted molar refractivity (Wildman–Crippen MR) is 60.6 cm³/mol. The average Bonchev–Trinajstić information content (AvgIpc) is 2.37. The molecule has 0 heterocycles. The van der Waals surface area contributed by atoms with E-state index in [1.54, 1.807) is 18.2 Å². The SMILES string of the molecule is NNC(=O)C1=CC=CC(CCO)(C(=O)NN)C1. The quantitative estimate of drug-likeness (QED) is 0.225. The van der Waals surface area contributed by atoms with Crippen LogP contribution in [0.5, 0.6) is 0 Å². The van der Waals surface area contributed by atoms with Crippen molar-refractivity contribution in [2.24, 2.45) is 17.1 Å². The molecule has 0 saturated carbocycles. The van der Waals surface area contributed by atoms with Gasteiger partial charge in [-0.25, -0.2) is 11.7 Å². The lowest BCUT2D eigenvalue weighted by atomic mass is 9.75. The molecule has 1 unspecified atom stereocenters. The maximum absolute atomic E-state index is 11.7. The molecule has 1 aliphatic carbocycles. The van der Waals surface area contributed by atoms with Crippen LogP contribution < -0.4 is 22.5 Å². The number of rotatable bonds is 4. The topological polar surface area (TPSA) is 130 Å². The van der Waals surface area contributed by atoms with Gasteiger partial charge in [0.25, 0.3) is 5.91 Å². The molecule has 1 atom stereocenters. The van der Waals surface area contributed by atoms with Gasteiger partial charge in [0.15, 0.2) is 0 Å². The van der Waals surface area contributed by atoms with E-state index in [-0.39, 0.29) is 19.4 Å². The molecule has 7 heteroatoms. The molecule has 2 amide bonds. The number of carbonyl (C=O) groups is 2. The first kappa shape index (κ1) is 13.4. The maximum Gasteiger partial charge on any atom is 0.261 e. The smallest absolute Gasteiger partial charge is 0.261 e. The van der Waals surface area contributed by atoms with Crippen molar-refractivity contribution in [1.82, 2.24) is 10.9 Å². The first-order valence-electron chi connectivity index (χ1n) is 5.11. The molecule has 0 fully saturated rings. The van der Waals surface area contributed by atoms with Crippen molar-refractivity contribution in [2.45, 2.75) is 12.8 Å². The normalized spacial score (nSPS) is 22.9. The molecule has 0 aromatic heterocycles. The minimum atomic E-state index is -1.000. The molecule has 0 bridgehead atoms. The Labute approximate surface area is 98.5 Å². The molecule has 0 aromatic rings. The van der Waals surface area contributed by atoms with Crippen LogP contribution in [0.1, 0.15) is 12.8 Å². The highest BCUT2D eigenvalue weighted by molar-refractivity contribution is 5.96. The van der Waals surface area contributed by atoms with Crippen LogP contribution in [0.2, 0.25) is 0 Å². The molecule has 0 aliphatic heterocycles. The highest BCUT2D eigenvalue weighted by Gasteiger charge is 2.38. The molecule has 1 aliphatic rings. The predicted octanol–water partition coefficient (Wildman–Crippen LogP) is -1.78. The molecule has 94 valence electrons. The highest BCUT2D eigenvalue weighted by atomic mass is 16.3. The Kier molecular flexibility index (Phi) is 4.38. The highest BCUT2D eigenvalue weighted by Crippen LogP contribution is 2.35. The van der Waals surface area contributed by atoms with E-state index in [1.165, 1.54) is 0 Å². The van der Waals surface area contributed by atoms with Crippen molar-refractivity contribution in [2.75, 3.05) is 6.61 Å². The van der Waals surface area contributed by atoms with Gasteiger partial charge in [-0.2, -0.15) is 0 Å². The van der Waals surface area contributed by atoms with Crippen LogP contribution in [0.25, 0.3) is 0 Å². The van der Waals surface area contributed by atoms with Crippen molar-refractivity contribution in [3.63, 3.8) is 0 Å². The van der Waals surface area contributed by atoms with E-state index in [1.807, 2.05) is 10.9 Å². The third-order valence-corrected chi connectivity index (χ3v) is 2.78. The summed E-state index contributed by atoms with van der Waals surface area (Å²) in [7, 11) is 0. The molecule has 0 aromatic carbocycles. The van der Waals surface area contributed by atoms with E-state index >= 15 is 0 Å². The Hall–Kier alpha value is -1.70. The fourth-order valence-corrected chi connectivity index (χ4v) is 1.84. The molecule has 0 saturated heterocycles. The third kappa shape index (κ3) is 2.70. The number of allylic oxidation sites excluding steroid dienone is 2. The second-order valence-corrected chi connectivity index (χ2v) is 3.80. The maximum atomic E-state index is 11.7. The summed E-state index contributed by atoms with van der Waals surface area (Å²) in [6, 6.07) is 0. The fourth-order valence-electron chi connectivity index (χ4n) is 1.84. The number of carbonyl (C=O) groups excluding carboxylic acids is 2. The van der Waals surface area contributed by atoms with Crippen molar-refractivity contribution >= 4 is 11.8 Å². The van der Waals surface area contributed by atoms with Gasteiger partial charge in [-0.3, -0.25) is 20.4 Å². The minimum absolute atomic E-state index is 0.149. The second kappa shape index (κ2) is 5.58. The zero-order valence-corrected chi connectivity index (χ0v) is 9.27. The van der Waals surface area contributed by atoms with Crippen LogP contribution in [0.3, 0.4) is 0 Å². The van der Waals surface area contributed by atoms with Gasteiger partial charge >= 0.3 is 0 Å². The Morgan fingerprint density at radius 1 is 1.41 bits per heavy atom. The fraction of sp³-hybridized carbons (Fsp3) is 0.400. The van der Waals surface area contributed by atoms with Gasteiger partial charge in [-0.1, -0.05) is 18.2 Å². The van der Waals surface area contributed by atoms with Gasteiger partial charge in [0.1, 0.15) is 0 Å². The lowest BCUT2D eigenvalue weighted by molar-refractivity contribution is -0.129. The number of amides is 2. The molecule has 0 radical (unpaired) electrons. The Morgan fingerprint density at radius 2 is 2.12 bits per heavy atom. The summed E-state index contributed by atoms with van der Waals surface area (Å²) in [6.45, 7) is -0.185. The molecule has 17 heavy (non-hydrogen) atoms. The van der Waals surface area contributed by atoms with Crippen LogP contribution in [0.15, 0.2) is 23.8 Å². The van der Waals surface area contributed by atoms with Gasteiger partial charge in [0, 0.05) is 12.2 Å². The average molecular weight is 240 g/mol. The van der Waals surface area contributed by atoms with Crippen LogP contribution in [-0.4, -0.2) is 23.5 Å². The van der Waals surface area contributed by atoms with E-state index in [0.717, 1.165) is 0 Å². The largest absolute Gasteiger partial charge is 0.396 e. The van der Waals surface area contributed by atoms with Crippen molar-refractivity contribution < 1.29 is 14.7 Å². The van der Waals surface area contributed by atoms with Crippen LogP contribution in [0.4, 0.5) is 0 Å². The first-order chi connectivity index (χ1) is 8.09. The van der Waals surface area contributed by atoms with Crippen LogP contribution in [-0.2, 0) is 9.59 Å². The standard InChI is InChI=1S/C10H16N4O3/c11-13-8(16)7-2-1-3-10(6-7,4-5-15)9(17)14-12/h1-3,15H,4-6,11-12H2,(H,13,16)(H,14,17). The molecular weight excluding hydrogens is 224 g/mol. The van der Waals surface area contributed by atoms with Gasteiger partial charge in [-0.15, -0.1) is 0 Å². The van der Waals surface area contributed by atoms with Crippen molar-refractivity contribution in [3.8, 4) is 0 Å².